The quantitative estimate of drug-likeness (QED) is 0.766. The van der Waals surface area contributed by atoms with Crippen LogP contribution >= 0.6 is 0 Å². The lowest BCUT2D eigenvalue weighted by Gasteiger charge is -2.09. The summed E-state index contributed by atoms with van der Waals surface area (Å²) in [6.45, 7) is 8.33. The van der Waals surface area contributed by atoms with Crippen LogP contribution in [0.15, 0.2) is 0 Å². The van der Waals surface area contributed by atoms with E-state index in [1.165, 1.54) is 0 Å². The lowest BCUT2D eigenvalue weighted by atomic mass is 10.1. The van der Waals surface area contributed by atoms with Gasteiger partial charge in [-0.2, -0.15) is 5.10 Å². The van der Waals surface area contributed by atoms with Gasteiger partial charge in [-0.25, -0.2) is 4.98 Å². The van der Waals surface area contributed by atoms with E-state index in [1.807, 2.05) is 11.7 Å². The number of nitrogens with zero attached hydrogens (tertiary/aromatic N) is 3. The molecule has 1 unspecified atom stereocenters. The van der Waals surface area contributed by atoms with Crippen LogP contribution in [-0.4, -0.2) is 27.9 Å². The molecule has 14 heavy (non-hydrogen) atoms. The highest BCUT2D eigenvalue weighted by molar-refractivity contribution is 4.99. The van der Waals surface area contributed by atoms with Gasteiger partial charge in [0.15, 0.2) is 5.82 Å². The second-order valence-electron chi connectivity index (χ2n) is 3.57. The van der Waals surface area contributed by atoms with Crippen molar-refractivity contribution in [3.05, 3.63) is 11.6 Å². The fourth-order valence-electron chi connectivity index (χ4n) is 1.48. The van der Waals surface area contributed by atoms with Crippen LogP contribution in [0.5, 0.6) is 0 Å². The Bertz CT molecular complexity index is 280. The monoisotopic (exact) mass is 196 g/mol. The number of aryl methyl sites for hydroxylation is 2. The van der Waals surface area contributed by atoms with E-state index in [1.54, 1.807) is 0 Å². The summed E-state index contributed by atoms with van der Waals surface area (Å²) in [6.07, 6.45) is 0.905. The average molecular weight is 196 g/mol. The maximum Gasteiger partial charge on any atom is 0.150 e. The van der Waals surface area contributed by atoms with E-state index in [0.29, 0.717) is 5.92 Å². The van der Waals surface area contributed by atoms with Crippen molar-refractivity contribution in [2.75, 3.05) is 13.1 Å². The van der Waals surface area contributed by atoms with Gasteiger partial charge in [0.25, 0.3) is 0 Å². The minimum Gasteiger partial charge on any atom is -0.316 e. The maximum atomic E-state index is 4.49. The molecule has 1 atom stereocenters. The molecular formula is C10H20N4. The molecule has 80 valence electrons. The van der Waals surface area contributed by atoms with Gasteiger partial charge < -0.3 is 5.32 Å². The van der Waals surface area contributed by atoms with Crippen LogP contribution in [0.1, 0.15) is 38.3 Å². The van der Waals surface area contributed by atoms with Crippen molar-refractivity contribution >= 4 is 0 Å². The van der Waals surface area contributed by atoms with Gasteiger partial charge in [-0.1, -0.05) is 20.8 Å². The molecule has 0 aromatic carbocycles. The van der Waals surface area contributed by atoms with Gasteiger partial charge in [-0.3, -0.25) is 4.68 Å². The van der Waals surface area contributed by atoms with E-state index in [2.05, 4.69) is 36.2 Å². The van der Waals surface area contributed by atoms with E-state index in [4.69, 9.17) is 0 Å². The Morgan fingerprint density at radius 2 is 2.14 bits per heavy atom. The fourth-order valence-corrected chi connectivity index (χ4v) is 1.48. The summed E-state index contributed by atoms with van der Waals surface area (Å²) in [6, 6.07) is 0. The van der Waals surface area contributed by atoms with Crippen LogP contribution in [0.2, 0.25) is 0 Å². The Morgan fingerprint density at radius 1 is 1.43 bits per heavy atom. The molecule has 0 aliphatic carbocycles. The summed E-state index contributed by atoms with van der Waals surface area (Å²) in [7, 11) is 1.96. The van der Waals surface area contributed by atoms with Gasteiger partial charge in [-0.05, 0) is 6.54 Å². The largest absolute Gasteiger partial charge is 0.316 e. The van der Waals surface area contributed by atoms with E-state index in [0.717, 1.165) is 31.2 Å². The topological polar surface area (TPSA) is 42.7 Å². The molecule has 1 rings (SSSR count). The predicted molar refractivity (Wildman–Crippen MR) is 57.3 cm³/mol. The van der Waals surface area contributed by atoms with Crippen LogP contribution in [0.4, 0.5) is 0 Å². The first-order chi connectivity index (χ1) is 6.69. The van der Waals surface area contributed by atoms with Gasteiger partial charge in [0, 0.05) is 25.9 Å². The fraction of sp³-hybridized carbons (Fsp3) is 0.800. The summed E-state index contributed by atoms with van der Waals surface area (Å²) < 4.78 is 1.89. The van der Waals surface area contributed by atoms with E-state index in [9.17, 15) is 0 Å². The van der Waals surface area contributed by atoms with E-state index >= 15 is 0 Å². The minimum atomic E-state index is 0.424. The molecule has 0 spiro atoms. The third-order valence-electron chi connectivity index (χ3n) is 2.30. The highest BCUT2D eigenvalue weighted by Gasteiger charge is 2.12. The molecule has 1 heterocycles. The van der Waals surface area contributed by atoms with Crippen LogP contribution in [0.3, 0.4) is 0 Å². The van der Waals surface area contributed by atoms with Gasteiger partial charge >= 0.3 is 0 Å². The highest BCUT2D eigenvalue weighted by atomic mass is 15.3. The number of likely N-dealkylation sites (N-methyl/N-ethyl adjacent to an activating group) is 1. The summed E-state index contributed by atoms with van der Waals surface area (Å²) in [4.78, 5) is 4.49. The Hall–Kier alpha value is -0.900. The number of nitrogens with one attached hydrogen (secondary N) is 1. The predicted octanol–water partition coefficient (Wildman–Crippen LogP) is 1.09. The molecule has 0 saturated heterocycles. The first-order valence-corrected chi connectivity index (χ1v) is 5.29. The van der Waals surface area contributed by atoms with E-state index < -0.39 is 0 Å². The van der Waals surface area contributed by atoms with Crippen LogP contribution in [0.25, 0.3) is 0 Å². The van der Waals surface area contributed by atoms with Crippen molar-refractivity contribution in [2.45, 2.75) is 33.1 Å². The molecule has 0 bridgehead atoms. The van der Waals surface area contributed by atoms with Gasteiger partial charge in [0.1, 0.15) is 5.82 Å². The normalized spacial score (nSPS) is 13.1. The molecule has 1 aromatic rings. The number of aromatic nitrogens is 3. The molecule has 0 aliphatic rings. The van der Waals surface area contributed by atoms with Gasteiger partial charge in [0.2, 0.25) is 0 Å². The maximum absolute atomic E-state index is 4.49. The Labute approximate surface area is 85.7 Å². The van der Waals surface area contributed by atoms with Gasteiger partial charge in [0.05, 0.1) is 0 Å². The van der Waals surface area contributed by atoms with E-state index in [-0.39, 0.29) is 0 Å². The Balaban J connectivity index is 2.68. The molecule has 0 amide bonds. The molecular weight excluding hydrogens is 176 g/mol. The third-order valence-corrected chi connectivity index (χ3v) is 2.30. The highest BCUT2D eigenvalue weighted by Crippen LogP contribution is 2.11. The number of hydrogen-bond acceptors (Lipinski definition) is 3. The second-order valence-corrected chi connectivity index (χ2v) is 3.57. The molecule has 1 N–H and O–H groups in total. The van der Waals surface area contributed by atoms with Crippen molar-refractivity contribution in [3.63, 3.8) is 0 Å². The number of rotatable bonds is 5. The van der Waals surface area contributed by atoms with Crippen LogP contribution in [0, 0.1) is 0 Å². The summed E-state index contributed by atoms with van der Waals surface area (Å²) in [5.41, 5.74) is 0. The summed E-state index contributed by atoms with van der Waals surface area (Å²) >= 11 is 0. The van der Waals surface area contributed by atoms with Crippen LogP contribution < -0.4 is 5.32 Å². The molecule has 0 aliphatic heterocycles. The molecule has 0 fully saturated rings. The molecule has 1 aromatic heterocycles. The van der Waals surface area contributed by atoms with Crippen molar-refractivity contribution in [3.8, 4) is 0 Å². The average Bonchev–Trinajstić information content (AvgIpc) is 2.56. The summed E-state index contributed by atoms with van der Waals surface area (Å²) in [5.74, 6) is 2.43. The zero-order valence-corrected chi connectivity index (χ0v) is 9.54. The lowest BCUT2D eigenvalue weighted by Crippen LogP contribution is -2.21. The first kappa shape index (κ1) is 11.2. The third kappa shape index (κ3) is 2.54. The van der Waals surface area contributed by atoms with Crippen LogP contribution in [-0.2, 0) is 13.5 Å². The standard InChI is InChI=1S/C10H20N4/c1-5-9-12-10(14(4)13-9)8(3)7-11-6-2/h8,11H,5-7H2,1-4H3. The second kappa shape index (κ2) is 5.10. The van der Waals surface area contributed by atoms with Crippen molar-refractivity contribution in [1.29, 1.82) is 0 Å². The molecule has 4 nitrogen and oxygen atoms in total. The first-order valence-electron chi connectivity index (χ1n) is 5.29. The Morgan fingerprint density at radius 3 is 2.64 bits per heavy atom. The molecule has 0 radical (unpaired) electrons. The smallest absolute Gasteiger partial charge is 0.150 e. The Kier molecular flexibility index (Phi) is 4.07. The van der Waals surface area contributed by atoms with Crippen molar-refractivity contribution < 1.29 is 0 Å². The SMILES string of the molecule is CCNCC(C)c1nc(CC)nn1C. The van der Waals surface area contributed by atoms with Gasteiger partial charge in [-0.15, -0.1) is 0 Å². The van der Waals surface area contributed by atoms with Crippen molar-refractivity contribution in [1.82, 2.24) is 20.1 Å². The molecule has 0 saturated carbocycles. The zero-order chi connectivity index (χ0) is 10.6. The lowest BCUT2D eigenvalue weighted by molar-refractivity contribution is 0.572. The molecule has 4 heteroatoms. The zero-order valence-electron chi connectivity index (χ0n) is 9.54. The minimum absolute atomic E-state index is 0.424. The number of hydrogen-bond donors (Lipinski definition) is 1. The van der Waals surface area contributed by atoms with Crippen molar-refractivity contribution in [2.24, 2.45) is 7.05 Å². The summed E-state index contributed by atoms with van der Waals surface area (Å²) in [5, 5.41) is 7.66.